The van der Waals surface area contributed by atoms with Gasteiger partial charge in [-0.1, -0.05) is 35.0 Å². The number of carbonyl (C=O) groups excluding carboxylic acids is 2. The zero-order valence-corrected chi connectivity index (χ0v) is 17.4. The molecule has 7 nitrogen and oxygen atoms in total. The highest BCUT2D eigenvalue weighted by atomic mass is 35.5. The molecule has 0 spiro atoms. The summed E-state index contributed by atoms with van der Waals surface area (Å²) in [6, 6.07) is 10.5. The SMILES string of the molecule is CN=C(Nc1cc(Cl)cc(Cl)c1)S[C@H]1CC(=O)N(c2ccc(C(=O)O)cc2)C1=O. The second-order valence-electron chi connectivity index (χ2n) is 6.04. The number of aromatic carboxylic acids is 1. The first-order valence-corrected chi connectivity index (χ1v) is 9.98. The molecule has 0 bridgehead atoms. The molecule has 1 aliphatic heterocycles. The third-order valence-corrected chi connectivity index (χ3v) is 5.65. The number of carbonyl (C=O) groups is 3. The predicted molar refractivity (Wildman–Crippen MR) is 115 cm³/mol. The fraction of sp³-hybridized carbons (Fsp3) is 0.158. The van der Waals surface area contributed by atoms with Crippen LogP contribution < -0.4 is 10.2 Å². The Kier molecular flexibility index (Phi) is 6.46. The molecule has 1 aliphatic rings. The van der Waals surface area contributed by atoms with Crippen LogP contribution in [0.5, 0.6) is 0 Å². The fourth-order valence-corrected chi connectivity index (χ4v) is 4.25. The Morgan fingerprint density at radius 3 is 2.34 bits per heavy atom. The summed E-state index contributed by atoms with van der Waals surface area (Å²) in [5.74, 6) is -1.84. The Morgan fingerprint density at radius 2 is 1.79 bits per heavy atom. The minimum atomic E-state index is -1.08. The first-order valence-electron chi connectivity index (χ1n) is 8.35. The topological polar surface area (TPSA) is 99.1 Å². The van der Waals surface area contributed by atoms with Gasteiger partial charge < -0.3 is 10.4 Å². The Labute approximate surface area is 180 Å². The van der Waals surface area contributed by atoms with E-state index in [-0.39, 0.29) is 17.9 Å². The lowest BCUT2D eigenvalue weighted by Crippen LogP contribution is -2.31. The number of nitrogens with zero attached hydrogens (tertiary/aromatic N) is 2. The Hall–Kier alpha value is -2.55. The molecule has 3 rings (SSSR count). The fourth-order valence-electron chi connectivity index (χ4n) is 2.74. The highest BCUT2D eigenvalue weighted by Crippen LogP contribution is 2.31. The molecule has 10 heteroatoms. The zero-order valence-electron chi connectivity index (χ0n) is 15.1. The number of amides is 2. The monoisotopic (exact) mass is 451 g/mol. The highest BCUT2D eigenvalue weighted by molar-refractivity contribution is 8.15. The summed E-state index contributed by atoms with van der Waals surface area (Å²) in [5, 5.41) is 12.7. The molecule has 29 heavy (non-hydrogen) atoms. The lowest BCUT2D eigenvalue weighted by Gasteiger charge is -2.16. The number of carboxylic acids is 1. The number of amidine groups is 1. The molecule has 2 N–H and O–H groups in total. The number of benzene rings is 2. The number of rotatable bonds is 4. The van der Waals surface area contributed by atoms with Gasteiger partial charge in [-0.2, -0.15) is 0 Å². The summed E-state index contributed by atoms with van der Waals surface area (Å²) in [6.07, 6.45) is 0.00117. The molecular formula is C19H15Cl2N3O4S. The Balaban J connectivity index is 1.73. The van der Waals surface area contributed by atoms with Crippen molar-refractivity contribution in [3.8, 4) is 0 Å². The molecule has 2 amide bonds. The third-order valence-electron chi connectivity index (χ3n) is 4.05. The standard InChI is InChI=1S/C19H15Cl2N3O4S/c1-22-19(23-13-7-11(20)6-12(21)8-13)29-15-9-16(25)24(17(15)26)14-4-2-10(3-5-14)18(27)28/h2-8,15H,9H2,1H3,(H,22,23)(H,27,28)/t15-/m0/s1. The molecule has 0 aromatic heterocycles. The lowest BCUT2D eigenvalue weighted by atomic mass is 10.2. The molecular weight excluding hydrogens is 437 g/mol. The van der Waals surface area contributed by atoms with Gasteiger partial charge in [-0.3, -0.25) is 14.6 Å². The lowest BCUT2D eigenvalue weighted by molar-refractivity contribution is -0.121. The molecule has 0 unspecified atom stereocenters. The van der Waals surface area contributed by atoms with Gasteiger partial charge in [0.25, 0.3) is 0 Å². The molecule has 2 aromatic carbocycles. The van der Waals surface area contributed by atoms with Crippen LogP contribution in [0.15, 0.2) is 47.5 Å². The molecule has 0 saturated carbocycles. The first-order chi connectivity index (χ1) is 13.8. The van der Waals surface area contributed by atoms with Crippen molar-refractivity contribution in [3.05, 3.63) is 58.1 Å². The van der Waals surface area contributed by atoms with Gasteiger partial charge >= 0.3 is 5.97 Å². The van der Waals surface area contributed by atoms with Crippen LogP contribution in [0.3, 0.4) is 0 Å². The van der Waals surface area contributed by atoms with Gasteiger partial charge in [0.1, 0.15) is 5.25 Å². The summed E-state index contributed by atoms with van der Waals surface area (Å²) in [5.41, 5.74) is 1.01. The maximum atomic E-state index is 12.8. The number of carboxylic acid groups (broad SMARTS) is 1. The van der Waals surface area contributed by atoms with Crippen LogP contribution in [0, 0.1) is 0 Å². The van der Waals surface area contributed by atoms with Crippen LogP contribution >= 0.6 is 35.0 Å². The Bertz CT molecular complexity index is 991. The maximum absolute atomic E-state index is 12.8. The molecule has 0 radical (unpaired) electrons. The van der Waals surface area contributed by atoms with Crippen molar-refractivity contribution < 1.29 is 19.5 Å². The molecule has 1 fully saturated rings. The number of anilines is 2. The van der Waals surface area contributed by atoms with Crippen molar-refractivity contribution in [3.63, 3.8) is 0 Å². The van der Waals surface area contributed by atoms with Gasteiger partial charge in [0, 0.05) is 29.2 Å². The number of hydrogen-bond donors (Lipinski definition) is 2. The minimum absolute atomic E-state index is 0.00117. The number of aliphatic imine (C=N–C) groups is 1. The van der Waals surface area contributed by atoms with E-state index in [1.807, 2.05) is 0 Å². The second kappa shape index (κ2) is 8.86. The first kappa shape index (κ1) is 21.2. The van der Waals surface area contributed by atoms with Gasteiger partial charge in [-0.25, -0.2) is 9.69 Å². The second-order valence-corrected chi connectivity index (χ2v) is 8.11. The number of imide groups is 1. The molecule has 1 atom stereocenters. The van der Waals surface area contributed by atoms with E-state index < -0.39 is 17.1 Å². The van der Waals surface area contributed by atoms with Gasteiger partial charge in [-0.05, 0) is 42.5 Å². The minimum Gasteiger partial charge on any atom is -0.478 e. The summed E-state index contributed by atoms with van der Waals surface area (Å²) < 4.78 is 0. The Morgan fingerprint density at radius 1 is 1.17 bits per heavy atom. The average molecular weight is 452 g/mol. The van der Waals surface area contributed by atoms with E-state index in [1.54, 1.807) is 25.2 Å². The largest absolute Gasteiger partial charge is 0.478 e. The smallest absolute Gasteiger partial charge is 0.335 e. The number of thioether (sulfide) groups is 1. The van der Waals surface area contributed by atoms with E-state index in [1.165, 1.54) is 24.3 Å². The normalized spacial score (nSPS) is 17.0. The maximum Gasteiger partial charge on any atom is 0.335 e. The van der Waals surface area contributed by atoms with Gasteiger partial charge in [0.2, 0.25) is 11.8 Å². The van der Waals surface area contributed by atoms with Gasteiger partial charge in [0.05, 0.1) is 11.3 Å². The van der Waals surface area contributed by atoms with Crippen molar-refractivity contribution in [2.24, 2.45) is 4.99 Å². The summed E-state index contributed by atoms with van der Waals surface area (Å²) in [6.45, 7) is 0. The van der Waals surface area contributed by atoms with Gasteiger partial charge in [-0.15, -0.1) is 0 Å². The van der Waals surface area contributed by atoms with Crippen molar-refractivity contribution in [2.45, 2.75) is 11.7 Å². The number of hydrogen-bond acceptors (Lipinski definition) is 5. The quantitative estimate of drug-likeness (QED) is 0.411. The number of nitrogens with one attached hydrogen (secondary N) is 1. The number of halogens is 2. The molecule has 2 aromatic rings. The predicted octanol–water partition coefficient (Wildman–Crippen LogP) is 4.15. The zero-order chi connectivity index (χ0) is 21.1. The van der Waals surface area contributed by atoms with E-state index in [9.17, 15) is 14.4 Å². The molecule has 1 saturated heterocycles. The van der Waals surface area contributed by atoms with Gasteiger partial charge in [0.15, 0.2) is 5.17 Å². The molecule has 150 valence electrons. The molecule has 1 heterocycles. The van der Waals surface area contributed by atoms with Crippen LogP contribution in [0.2, 0.25) is 10.0 Å². The van der Waals surface area contributed by atoms with E-state index in [4.69, 9.17) is 28.3 Å². The van der Waals surface area contributed by atoms with E-state index >= 15 is 0 Å². The van der Waals surface area contributed by atoms with Crippen LogP contribution in [0.25, 0.3) is 0 Å². The van der Waals surface area contributed by atoms with Crippen LogP contribution in [0.4, 0.5) is 11.4 Å². The van der Waals surface area contributed by atoms with Crippen LogP contribution in [-0.2, 0) is 9.59 Å². The van der Waals surface area contributed by atoms with E-state index in [2.05, 4.69) is 10.3 Å². The average Bonchev–Trinajstić information content (AvgIpc) is 2.93. The van der Waals surface area contributed by atoms with Crippen molar-refractivity contribution in [1.29, 1.82) is 0 Å². The van der Waals surface area contributed by atoms with E-state index in [0.29, 0.717) is 26.6 Å². The third kappa shape index (κ3) is 4.90. The van der Waals surface area contributed by atoms with Crippen molar-refractivity contribution in [2.75, 3.05) is 17.3 Å². The molecule has 0 aliphatic carbocycles. The summed E-state index contributed by atoms with van der Waals surface area (Å²) >= 11 is 13.1. The summed E-state index contributed by atoms with van der Waals surface area (Å²) in [4.78, 5) is 41.4. The van der Waals surface area contributed by atoms with Crippen LogP contribution in [0.1, 0.15) is 16.8 Å². The van der Waals surface area contributed by atoms with Crippen molar-refractivity contribution in [1.82, 2.24) is 0 Å². The highest BCUT2D eigenvalue weighted by Gasteiger charge is 2.40. The van der Waals surface area contributed by atoms with Crippen LogP contribution in [-0.4, -0.2) is 40.4 Å². The van der Waals surface area contributed by atoms with E-state index in [0.717, 1.165) is 16.7 Å². The summed E-state index contributed by atoms with van der Waals surface area (Å²) in [7, 11) is 1.56. The van der Waals surface area contributed by atoms with Crippen molar-refractivity contribution >= 4 is 69.3 Å².